The topological polar surface area (TPSA) is 53.5 Å². The Morgan fingerprint density at radius 1 is 0.926 bits per heavy atom. The predicted molar refractivity (Wildman–Crippen MR) is 105 cm³/mol. The van der Waals surface area contributed by atoms with E-state index >= 15 is 0 Å². The molecule has 5 nitrogen and oxygen atoms in total. The van der Waals surface area contributed by atoms with Crippen molar-refractivity contribution in [3.8, 4) is 11.3 Å². The molecular weight excluding hydrogens is 385 g/mol. The third-order valence-corrected chi connectivity index (χ3v) is 7.34. The van der Waals surface area contributed by atoms with E-state index < -0.39 is 10.0 Å². The van der Waals surface area contributed by atoms with E-state index in [0.29, 0.717) is 31.1 Å². The number of benzene rings is 2. The molecule has 1 aromatic heterocycles. The molecule has 2 aromatic carbocycles. The average Bonchev–Trinajstić information content (AvgIpc) is 3.19. The molecule has 1 saturated heterocycles. The van der Waals surface area contributed by atoms with Crippen LogP contribution in [0.5, 0.6) is 0 Å². The maximum atomic E-state index is 13.1. The van der Waals surface area contributed by atoms with Crippen molar-refractivity contribution in [2.75, 3.05) is 31.1 Å². The van der Waals surface area contributed by atoms with Crippen molar-refractivity contribution >= 4 is 26.5 Å². The molecule has 0 N–H and O–H groups in total. The first kappa shape index (κ1) is 18.1. The van der Waals surface area contributed by atoms with Gasteiger partial charge >= 0.3 is 0 Å². The molecule has 1 fully saturated rings. The first-order valence-electron chi connectivity index (χ1n) is 8.56. The van der Waals surface area contributed by atoms with E-state index in [0.717, 1.165) is 16.4 Å². The van der Waals surface area contributed by atoms with E-state index in [2.05, 4.69) is 9.88 Å². The number of rotatable bonds is 4. The van der Waals surface area contributed by atoms with Crippen molar-refractivity contribution in [1.29, 1.82) is 0 Å². The van der Waals surface area contributed by atoms with Gasteiger partial charge in [0.05, 0.1) is 10.6 Å². The van der Waals surface area contributed by atoms with Gasteiger partial charge in [0.1, 0.15) is 5.82 Å². The van der Waals surface area contributed by atoms with Gasteiger partial charge in [0.25, 0.3) is 0 Å². The molecule has 0 saturated carbocycles. The van der Waals surface area contributed by atoms with Crippen LogP contribution in [0.1, 0.15) is 0 Å². The molecule has 27 heavy (non-hydrogen) atoms. The molecule has 0 atom stereocenters. The first-order valence-corrected chi connectivity index (χ1v) is 10.9. The second kappa shape index (κ2) is 7.38. The Morgan fingerprint density at radius 3 is 2.26 bits per heavy atom. The van der Waals surface area contributed by atoms with Gasteiger partial charge in [-0.2, -0.15) is 4.31 Å². The van der Waals surface area contributed by atoms with Gasteiger partial charge in [-0.1, -0.05) is 18.2 Å². The van der Waals surface area contributed by atoms with Crippen molar-refractivity contribution in [1.82, 2.24) is 9.29 Å². The number of hydrogen-bond acceptors (Lipinski definition) is 5. The number of hydrogen-bond donors (Lipinski definition) is 0. The molecule has 3 aromatic rings. The Hall–Kier alpha value is -2.29. The Kier molecular flexibility index (Phi) is 4.94. The van der Waals surface area contributed by atoms with Crippen molar-refractivity contribution in [3.05, 3.63) is 65.8 Å². The maximum Gasteiger partial charge on any atom is 0.243 e. The van der Waals surface area contributed by atoms with Crippen LogP contribution in [0.25, 0.3) is 11.3 Å². The number of halogens is 1. The second-order valence-electron chi connectivity index (χ2n) is 6.23. The molecule has 0 bridgehead atoms. The fraction of sp³-hybridized carbons (Fsp3) is 0.211. The molecular formula is C19H18FN3O2S2. The molecule has 2 heterocycles. The highest BCUT2D eigenvalue weighted by molar-refractivity contribution is 7.89. The molecule has 140 valence electrons. The zero-order chi connectivity index (χ0) is 18.9. The summed E-state index contributed by atoms with van der Waals surface area (Å²) in [5.74, 6) is -0.273. The second-order valence-corrected chi connectivity index (χ2v) is 9.00. The lowest BCUT2D eigenvalue weighted by molar-refractivity contribution is 0.385. The third-order valence-electron chi connectivity index (χ3n) is 4.52. The zero-order valence-corrected chi connectivity index (χ0v) is 16.1. The van der Waals surface area contributed by atoms with E-state index in [-0.39, 0.29) is 5.82 Å². The molecule has 0 amide bonds. The Bertz CT molecular complexity index is 1010. The minimum Gasteiger partial charge on any atom is -0.345 e. The first-order chi connectivity index (χ1) is 13.0. The van der Waals surface area contributed by atoms with Crippen LogP contribution in [0.15, 0.2) is 64.9 Å². The predicted octanol–water partition coefficient (Wildman–Crippen LogP) is 3.46. The Balaban J connectivity index is 1.45. The highest BCUT2D eigenvalue weighted by Crippen LogP contribution is 2.29. The van der Waals surface area contributed by atoms with Crippen LogP contribution < -0.4 is 4.90 Å². The van der Waals surface area contributed by atoms with Gasteiger partial charge in [0, 0.05) is 37.1 Å². The number of piperazine rings is 1. The number of thiazole rings is 1. The number of anilines is 1. The fourth-order valence-electron chi connectivity index (χ4n) is 3.02. The highest BCUT2D eigenvalue weighted by atomic mass is 32.2. The summed E-state index contributed by atoms with van der Waals surface area (Å²) in [5, 5.41) is 2.79. The summed E-state index contributed by atoms with van der Waals surface area (Å²) < 4.78 is 40.0. The summed E-state index contributed by atoms with van der Waals surface area (Å²) in [4.78, 5) is 7.05. The van der Waals surface area contributed by atoms with Gasteiger partial charge in [-0.05, 0) is 36.4 Å². The molecule has 8 heteroatoms. The molecule has 0 spiro atoms. The van der Waals surface area contributed by atoms with E-state index in [4.69, 9.17) is 0 Å². The minimum atomic E-state index is -3.46. The van der Waals surface area contributed by atoms with E-state index in [9.17, 15) is 12.8 Å². The summed E-state index contributed by atoms with van der Waals surface area (Å²) in [5.41, 5.74) is 1.67. The van der Waals surface area contributed by atoms with E-state index in [1.54, 1.807) is 42.5 Å². The molecule has 0 radical (unpaired) electrons. The van der Waals surface area contributed by atoms with Gasteiger partial charge in [0.2, 0.25) is 10.0 Å². The van der Waals surface area contributed by atoms with Crippen molar-refractivity contribution < 1.29 is 12.8 Å². The van der Waals surface area contributed by atoms with Gasteiger partial charge in [0.15, 0.2) is 5.13 Å². The van der Waals surface area contributed by atoms with Crippen molar-refractivity contribution in [3.63, 3.8) is 0 Å². The van der Waals surface area contributed by atoms with Gasteiger partial charge in [-0.25, -0.2) is 17.8 Å². The van der Waals surface area contributed by atoms with E-state index in [1.807, 2.05) is 5.38 Å². The molecule has 4 rings (SSSR count). The summed E-state index contributed by atoms with van der Waals surface area (Å²) >= 11 is 1.51. The number of aromatic nitrogens is 1. The van der Waals surface area contributed by atoms with E-state index in [1.165, 1.54) is 27.8 Å². The van der Waals surface area contributed by atoms with Crippen LogP contribution in [0.4, 0.5) is 9.52 Å². The highest BCUT2D eigenvalue weighted by Gasteiger charge is 2.29. The summed E-state index contributed by atoms with van der Waals surface area (Å²) in [6, 6.07) is 14.8. The molecule has 0 aliphatic carbocycles. The standard InChI is InChI=1S/C19H18FN3O2S2/c20-16-8-6-15(7-9-16)18-14-26-19(21-18)22-10-12-23(13-11-22)27(24,25)17-4-2-1-3-5-17/h1-9,14H,10-13H2. The average molecular weight is 404 g/mol. The minimum absolute atomic E-state index is 0.273. The van der Waals surface area contributed by atoms with Crippen LogP contribution >= 0.6 is 11.3 Å². The summed E-state index contributed by atoms with van der Waals surface area (Å²) in [7, 11) is -3.46. The van der Waals surface area contributed by atoms with Crippen LogP contribution in [0.3, 0.4) is 0 Å². The summed E-state index contributed by atoms with van der Waals surface area (Å²) in [6.07, 6.45) is 0. The lowest BCUT2D eigenvalue weighted by Gasteiger charge is -2.33. The normalized spacial score (nSPS) is 15.8. The molecule has 0 unspecified atom stereocenters. The monoisotopic (exact) mass is 403 g/mol. The van der Waals surface area contributed by atoms with Crippen molar-refractivity contribution in [2.24, 2.45) is 0 Å². The van der Waals surface area contributed by atoms with Gasteiger partial charge in [-0.15, -0.1) is 11.3 Å². The zero-order valence-electron chi connectivity index (χ0n) is 14.5. The molecule has 1 aliphatic rings. The van der Waals surface area contributed by atoms with Crippen molar-refractivity contribution in [2.45, 2.75) is 4.90 Å². The van der Waals surface area contributed by atoms with Gasteiger partial charge < -0.3 is 4.90 Å². The van der Waals surface area contributed by atoms with Crippen LogP contribution in [-0.4, -0.2) is 43.9 Å². The Labute approximate surface area is 161 Å². The number of nitrogens with zero attached hydrogens (tertiary/aromatic N) is 3. The lowest BCUT2D eigenvalue weighted by atomic mass is 10.2. The van der Waals surface area contributed by atoms with Crippen LogP contribution in [0, 0.1) is 5.82 Å². The smallest absolute Gasteiger partial charge is 0.243 e. The largest absolute Gasteiger partial charge is 0.345 e. The van der Waals surface area contributed by atoms with Gasteiger partial charge in [-0.3, -0.25) is 0 Å². The molecule has 1 aliphatic heterocycles. The Morgan fingerprint density at radius 2 is 1.59 bits per heavy atom. The third kappa shape index (κ3) is 3.73. The fourth-order valence-corrected chi connectivity index (χ4v) is 5.36. The van der Waals surface area contributed by atoms with Crippen LogP contribution in [0.2, 0.25) is 0 Å². The quantitative estimate of drug-likeness (QED) is 0.670. The SMILES string of the molecule is O=S(=O)(c1ccccc1)N1CCN(c2nc(-c3ccc(F)cc3)cs2)CC1. The van der Waals surface area contributed by atoms with Crippen LogP contribution in [-0.2, 0) is 10.0 Å². The summed E-state index contributed by atoms with van der Waals surface area (Å²) in [6.45, 7) is 2.01. The maximum absolute atomic E-state index is 13.1. The number of sulfonamides is 1. The lowest BCUT2D eigenvalue weighted by Crippen LogP contribution is -2.48.